The Hall–Kier alpha value is -3.94. The van der Waals surface area contributed by atoms with Gasteiger partial charge in [-0.05, 0) is 22.9 Å². The van der Waals surface area contributed by atoms with Gasteiger partial charge in [-0.1, -0.05) is 24.3 Å². The average Bonchev–Trinajstić information content (AvgIpc) is 2.58. The second-order valence-corrected chi connectivity index (χ2v) is 5.46. The van der Waals surface area contributed by atoms with Gasteiger partial charge in [-0.25, -0.2) is 19.2 Å². The smallest absolute Gasteiger partial charge is 0.337 e. The molecule has 0 aliphatic carbocycles. The Kier molecular flexibility index (Phi) is 3.80. The van der Waals surface area contributed by atoms with Crippen LogP contribution in [0.5, 0.6) is 0 Å². The summed E-state index contributed by atoms with van der Waals surface area (Å²) in [5, 5.41) is 37.8. The molecule has 0 saturated carbocycles. The first-order valence-electron chi connectivity index (χ1n) is 7.19. The molecule has 0 aliphatic rings. The van der Waals surface area contributed by atoms with Gasteiger partial charge >= 0.3 is 23.9 Å². The van der Waals surface area contributed by atoms with Crippen molar-refractivity contribution in [1.29, 1.82) is 0 Å². The van der Waals surface area contributed by atoms with Crippen molar-refractivity contribution >= 4 is 45.4 Å². The zero-order chi connectivity index (χ0) is 19.2. The third kappa shape index (κ3) is 2.40. The van der Waals surface area contributed by atoms with Crippen molar-refractivity contribution in [2.45, 2.75) is 0 Å². The first-order chi connectivity index (χ1) is 12.2. The fraction of sp³-hybridized carbons (Fsp3) is 0. The van der Waals surface area contributed by atoms with Gasteiger partial charge < -0.3 is 20.4 Å². The molecule has 4 N–H and O–H groups in total. The van der Waals surface area contributed by atoms with E-state index < -0.39 is 40.6 Å². The van der Waals surface area contributed by atoms with Crippen molar-refractivity contribution in [3.63, 3.8) is 0 Å². The number of hydrogen-bond acceptors (Lipinski definition) is 4. The van der Waals surface area contributed by atoms with Crippen LogP contribution in [0.15, 0.2) is 36.4 Å². The topological polar surface area (TPSA) is 149 Å². The molecule has 8 nitrogen and oxygen atoms in total. The van der Waals surface area contributed by atoms with E-state index in [1.165, 1.54) is 24.3 Å². The summed E-state index contributed by atoms with van der Waals surface area (Å²) >= 11 is 0. The number of carboxylic acid groups (broad SMARTS) is 4. The minimum absolute atomic E-state index is 0.0364. The van der Waals surface area contributed by atoms with Gasteiger partial charge in [-0.3, -0.25) is 0 Å². The van der Waals surface area contributed by atoms with Crippen LogP contribution in [0.1, 0.15) is 41.4 Å². The number of carbonyl (C=O) groups is 4. The largest absolute Gasteiger partial charge is 0.478 e. The molecule has 0 bridgehead atoms. The Bertz CT molecular complexity index is 1140. The maximum atomic E-state index is 11.7. The monoisotopic (exact) mass is 354 g/mol. The molecule has 0 unspecified atom stereocenters. The standard InChI is InChI=1S/C18H10O8/c19-15(20)9-3-1-2-7-4-5-8-13(12(7)9)10(16(21)22)6-11(17(23)24)14(8)18(25)26/h1-6H,(H,19,20)(H,21,22)(H,23,24)(H,25,26). The van der Waals surface area contributed by atoms with Crippen molar-refractivity contribution < 1.29 is 39.6 Å². The molecule has 3 aromatic rings. The second-order valence-electron chi connectivity index (χ2n) is 5.46. The molecule has 0 amide bonds. The number of rotatable bonds is 4. The van der Waals surface area contributed by atoms with Crippen LogP contribution in [0.3, 0.4) is 0 Å². The predicted octanol–water partition coefficient (Wildman–Crippen LogP) is 2.79. The highest BCUT2D eigenvalue weighted by Gasteiger charge is 2.26. The number of aromatic carboxylic acids is 4. The first kappa shape index (κ1) is 16.9. The molecule has 3 aromatic carbocycles. The predicted molar refractivity (Wildman–Crippen MR) is 89.3 cm³/mol. The number of hydrogen-bond donors (Lipinski definition) is 4. The second kappa shape index (κ2) is 5.85. The molecule has 3 rings (SSSR count). The number of fused-ring (bicyclic) bond motifs is 3. The quantitative estimate of drug-likeness (QED) is 0.522. The van der Waals surface area contributed by atoms with Crippen LogP contribution in [-0.2, 0) is 0 Å². The third-order valence-corrected chi connectivity index (χ3v) is 4.05. The van der Waals surface area contributed by atoms with Crippen molar-refractivity contribution in [3.8, 4) is 0 Å². The molecule has 0 spiro atoms. The fourth-order valence-electron chi connectivity index (χ4n) is 3.05. The Morgan fingerprint density at radius 2 is 1.23 bits per heavy atom. The summed E-state index contributed by atoms with van der Waals surface area (Å²) in [5.41, 5.74) is -1.98. The van der Waals surface area contributed by atoms with Gasteiger partial charge in [-0.2, -0.15) is 0 Å². The highest BCUT2D eigenvalue weighted by Crippen LogP contribution is 2.35. The van der Waals surface area contributed by atoms with Crippen LogP contribution in [0, 0.1) is 0 Å². The molecule has 0 aromatic heterocycles. The lowest BCUT2D eigenvalue weighted by molar-refractivity contribution is 0.0651. The molecular weight excluding hydrogens is 344 g/mol. The van der Waals surface area contributed by atoms with E-state index in [0.717, 1.165) is 6.07 Å². The molecule has 0 atom stereocenters. The van der Waals surface area contributed by atoms with E-state index in [1.807, 2.05) is 0 Å². The average molecular weight is 354 g/mol. The van der Waals surface area contributed by atoms with Gasteiger partial charge in [0, 0.05) is 10.8 Å². The molecule has 26 heavy (non-hydrogen) atoms. The summed E-state index contributed by atoms with van der Waals surface area (Å²) in [5.74, 6) is -5.98. The van der Waals surface area contributed by atoms with E-state index in [4.69, 9.17) is 0 Å². The van der Waals surface area contributed by atoms with Gasteiger partial charge in [0.25, 0.3) is 0 Å². The minimum Gasteiger partial charge on any atom is -0.478 e. The molecule has 8 heteroatoms. The van der Waals surface area contributed by atoms with Gasteiger partial charge in [0.05, 0.1) is 22.3 Å². The summed E-state index contributed by atoms with van der Waals surface area (Å²) in [4.78, 5) is 46.4. The van der Waals surface area contributed by atoms with Gasteiger partial charge in [-0.15, -0.1) is 0 Å². The molecule has 0 aliphatic heterocycles. The summed E-state index contributed by atoms with van der Waals surface area (Å²) in [6, 6.07) is 7.75. The van der Waals surface area contributed by atoms with Gasteiger partial charge in [0.15, 0.2) is 0 Å². The third-order valence-electron chi connectivity index (χ3n) is 4.05. The Morgan fingerprint density at radius 3 is 1.77 bits per heavy atom. The van der Waals surface area contributed by atoms with Crippen molar-refractivity contribution in [3.05, 3.63) is 58.7 Å². The van der Waals surface area contributed by atoms with Gasteiger partial charge in [0.2, 0.25) is 0 Å². The maximum Gasteiger partial charge on any atom is 0.337 e. The summed E-state index contributed by atoms with van der Waals surface area (Å²) < 4.78 is 0. The highest BCUT2D eigenvalue weighted by molar-refractivity contribution is 6.26. The zero-order valence-electron chi connectivity index (χ0n) is 12.9. The SMILES string of the molecule is O=C(O)c1cc(C(=O)O)c2c(ccc3cccc(C(=O)O)c32)c1C(=O)O. The molecule has 0 radical (unpaired) electrons. The molecule has 0 heterocycles. The van der Waals surface area contributed by atoms with E-state index in [2.05, 4.69) is 0 Å². The number of carboxylic acids is 4. The van der Waals surface area contributed by atoms with Crippen LogP contribution >= 0.6 is 0 Å². The van der Waals surface area contributed by atoms with Crippen molar-refractivity contribution in [2.75, 3.05) is 0 Å². The Labute approximate surface area is 144 Å². The first-order valence-corrected chi connectivity index (χ1v) is 7.19. The van der Waals surface area contributed by atoms with Crippen LogP contribution < -0.4 is 0 Å². The summed E-state index contributed by atoms with van der Waals surface area (Å²) in [6.07, 6.45) is 0. The number of benzene rings is 3. The van der Waals surface area contributed by atoms with E-state index in [1.54, 1.807) is 6.07 Å². The van der Waals surface area contributed by atoms with E-state index in [9.17, 15) is 39.6 Å². The van der Waals surface area contributed by atoms with Crippen LogP contribution in [0.4, 0.5) is 0 Å². The molecular formula is C18H10O8. The normalized spacial score (nSPS) is 10.8. The van der Waals surface area contributed by atoms with Gasteiger partial charge in [0.1, 0.15) is 0 Å². The van der Waals surface area contributed by atoms with Crippen molar-refractivity contribution in [2.24, 2.45) is 0 Å². The lowest BCUT2D eigenvalue weighted by Crippen LogP contribution is -2.12. The van der Waals surface area contributed by atoms with Crippen LogP contribution in [0.25, 0.3) is 21.5 Å². The lowest BCUT2D eigenvalue weighted by Gasteiger charge is -2.14. The molecule has 0 saturated heterocycles. The van der Waals surface area contributed by atoms with E-state index in [-0.39, 0.29) is 21.7 Å². The van der Waals surface area contributed by atoms with Crippen molar-refractivity contribution in [1.82, 2.24) is 0 Å². The van der Waals surface area contributed by atoms with E-state index >= 15 is 0 Å². The lowest BCUT2D eigenvalue weighted by atomic mass is 9.89. The summed E-state index contributed by atoms with van der Waals surface area (Å²) in [7, 11) is 0. The molecule has 0 fully saturated rings. The minimum atomic E-state index is -1.60. The zero-order valence-corrected chi connectivity index (χ0v) is 12.9. The van der Waals surface area contributed by atoms with Crippen LogP contribution in [0.2, 0.25) is 0 Å². The van der Waals surface area contributed by atoms with E-state index in [0.29, 0.717) is 5.39 Å². The Morgan fingerprint density at radius 1 is 0.615 bits per heavy atom. The highest BCUT2D eigenvalue weighted by atomic mass is 16.4. The Balaban J connectivity index is 2.72. The fourth-order valence-corrected chi connectivity index (χ4v) is 3.05. The molecule has 130 valence electrons. The maximum absolute atomic E-state index is 11.7. The van der Waals surface area contributed by atoms with Crippen LogP contribution in [-0.4, -0.2) is 44.3 Å². The summed E-state index contributed by atoms with van der Waals surface area (Å²) in [6.45, 7) is 0.